The van der Waals surface area contributed by atoms with Crippen LogP contribution in [0.1, 0.15) is 131 Å². The zero-order valence-electron chi connectivity index (χ0n) is 26.7. The van der Waals surface area contributed by atoms with Crippen molar-refractivity contribution in [3.8, 4) is 11.1 Å². The van der Waals surface area contributed by atoms with E-state index in [0.717, 1.165) is 47.3 Å². The predicted octanol–water partition coefficient (Wildman–Crippen LogP) is 11.0. The van der Waals surface area contributed by atoms with Gasteiger partial charge in [-0.25, -0.2) is 0 Å². The first-order valence-electron chi connectivity index (χ1n) is 19.3. The van der Waals surface area contributed by atoms with E-state index in [1.807, 2.05) is 5.57 Å². The van der Waals surface area contributed by atoms with Crippen LogP contribution in [-0.2, 0) is 10.8 Å². The fourth-order valence-electron chi connectivity index (χ4n) is 16.0. The summed E-state index contributed by atoms with van der Waals surface area (Å²) >= 11 is 0. The van der Waals surface area contributed by atoms with Crippen LogP contribution >= 0.6 is 0 Å². The Labute approximate surface area is 265 Å². The van der Waals surface area contributed by atoms with Crippen LogP contribution < -0.4 is 0 Å². The second kappa shape index (κ2) is 8.44. The van der Waals surface area contributed by atoms with Crippen molar-refractivity contribution in [2.45, 2.75) is 119 Å². The molecule has 0 nitrogen and oxygen atoms in total. The van der Waals surface area contributed by atoms with Crippen molar-refractivity contribution >= 4 is 0 Å². The molecule has 0 aliphatic heterocycles. The quantitative estimate of drug-likeness (QED) is 0.340. The van der Waals surface area contributed by atoms with Crippen LogP contribution in [0.25, 0.3) is 11.1 Å². The largest absolute Gasteiger partial charge is 0.0802 e. The van der Waals surface area contributed by atoms with Crippen molar-refractivity contribution < 1.29 is 0 Å². The molecule has 0 aromatic heterocycles. The third-order valence-electron chi connectivity index (χ3n) is 16.6. The van der Waals surface area contributed by atoms with Crippen LogP contribution in [0.4, 0.5) is 0 Å². The number of hydrogen-bond acceptors (Lipinski definition) is 0. The molecule has 9 saturated carbocycles. The SMILES string of the molecule is C1=CC2=C(C1)C1CCCC1C2C1c2ccc(C34CC5CC(CC(C5)C3)C4)cc2-c2cc(C34CC5CC(CC(C5)C3)C4)ccc21. The minimum atomic E-state index is 0.480. The number of allylic oxidation sites excluding steroid dienone is 4. The molecule has 0 N–H and O–H groups in total. The van der Waals surface area contributed by atoms with Crippen LogP contribution in [-0.4, -0.2) is 0 Å². The van der Waals surface area contributed by atoms with Gasteiger partial charge in [0.25, 0.3) is 0 Å². The zero-order chi connectivity index (χ0) is 28.4. The van der Waals surface area contributed by atoms with Gasteiger partial charge in [0, 0.05) is 5.92 Å². The Morgan fingerprint density at radius 1 is 0.568 bits per heavy atom. The van der Waals surface area contributed by atoms with Crippen molar-refractivity contribution in [3.05, 3.63) is 82.0 Å². The first-order valence-corrected chi connectivity index (χ1v) is 19.3. The Morgan fingerprint density at radius 2 is 1.07 bits per heavy atom. The van der Waals surface area contributed by atoms with Gasteiger partial charge in [0.1, 0.15) is 0 Å². The standard InChI is InChI=1S/C44H50/c1-3-33-34-4-2-6-36(34)41(35(33)5-1)42-37-9-7-31(43-19-25-11-26(20-43)13-27(12-25)21-43)17-39(37)40-18-32(8-10-38(40)42)44-22-28-14-29(23-44)16-30(15-28)24-44/h1,5,7-10,17-18,25-30,34,36,41-42H,2-4,6,11-16,19-24H2. The molecule has 2 aromatic carbocycles. The number of hydrogen-bond donors (Lipinski definition) is 0. The maximum Gasteiger partial charge on any atom is 0.0173 e. The van der Waals surface area contributed by atoms with E-state index in [-0.39, 0.29) is 0 Å². The Morgan fingerprint density at radius 3 is 1.57 bits per heavy atom. The zero-order valence-corrected chi connectivity index (χ0v) is 26.7. The van der Waals surface area contributed by atoms with E-state index >= 15 is 0 Å². The summed E-state index contributed by atoms with van der Waals surface area (Å²) in [6.45, 7) is 0. The molecular formula is C44H50. The van der Waals surface area contributed by atoms with E-state index < -0.39 is 0 Å². The first kappa shape index (κ1) is 25.1. The Kier molecular flexibility index (Phi) is 4.81. The highest BCUT2D eigenvalue weighted by molar-refractivity contribution is 5.81. The van der Waals surface area contributed by atoms with Gasteiger partial charge in [-0.15, -0.1) is 0 Å². The number of benzene rings is 2. The third-order valence-corrected chi connectivity index (χ3v) is 16.6. The van der Waals surface area contributed by atoms with E-state index in [0.29, 0.717) is 22.7 Å². The molecule has 2 aromatic rings. The highest BCUT2D eigenvalue weighted by Gasteiger charge is 2.55. The number of rotatable bonds is 3. The molecular weight excluding hydrogens is 528 g/mol. The summed E-state index contributed by atoms with van der Waals surface area (Å²) in [6, 6.07) is 16.4. The molecule has 0 radical (unpaired) electrons. The van der Waals surface area contributed by atoms with Gasteiger partial charge in [0.2, 0.25) is 0 Å². The molecule has 0 amide bonds. The second-order valence-electron chi connectivity index (χ2n) is 18.8. The first-order chi connectivity index (χ1) is 21.6. The lowest BCUT2D eigenvalue weighted by Gasteiger charge is -2.57. The van der Waals surface area contributed by atoms with Crippen LogP contribution in [0.3, 0.4) is 0 Å². The van der Waals surface area contributed by atoms with E-state index in [9.17, 15) is 0 Å². The molecule has 0 saturated heterocycles. The van der Waals surface area contributed by atoms with Crippen LogP contribution in [0.2, 0.25) is 0 Å². The van der Waals surface area contributed by atoms with E-state index in [1.165, 1.54) is 103 Å². The average Bonchev–Trinajstić information content (AvgIpc) is 3.77. The van der Waals surface area contributed by atoms with Gasteiger partial charge in [-0.2, -0.15) is 0 Å². The lowest BCUT2D eigenvalue weighted by molar-refractivity contribution is -0.00534. The topological polar surface area (TPSA) is 0 Å². The van der Waals surface area contributed by atoms with Crippen molar-refractivity contribution in [2.24, 2.45) is 53.3 Å². The molecule has 226 valence electrons. The molecule has 0 heterocycles. The average molecular weight is 579 g/mol. The minimum absolute atomic E-state index is 0.480. The van der Waals surface area contributed by atoms with Crippen molar-refractivity contribution in [2.75, 3.05) is 0 Å². The summed E-state index contributed by atoms with van der Waals surface area (Å²) in [5.74, 6) is 9.07. The lowest BCUT2D eigenvalue weighted by Crippen LogP contribution is -2.48. The summed E-state index contributed by atoms with van der Waals surface area (Å²) < 4.78 is 0. The van der Waals surface area contributed by atoms with Crippen molar-refractivity contribution in [3.63, 3.8) is 0 Å². The van der Waals surface area contributed by atoms with E-state index in [2.05, 4.69) is 48.6 Å². The predicted molar refractivity (Wildman–Crippen MR) is 179 cm³/mol. The molecule has 0 heteroatoms. The number of fused-ring (bicyclic) bond motifs is 5. The van der Waals surface area contributed by atoms with Gasteiger partial charge < -0.3 is 0 Å². The Hall–Kier alpha value is -2.08. The van der Waals surface area contributed by atoms with Crippen LogP contribution in [0, 0.1) is 53.3 Å². The van der Waals surface area contributed by atoms with E-state index in [4.69, 9.17) is 0 Å². The maximum absolute atomic E-state index is 2.83. The normalized spacial score (nSPS) is 47.9. The maximum atomic E-state index is 2.83. The van der Waals surface area contributed by atoms with Gasteiger partial charge in [-0.1, -0.05) is 60.5 Å². The fraction of sp³-hybridized carbons (Fsp3) is 0.636. The summed E-state index contributed by atoms with van der Waals surface area (Å²) in [5, 5.41) is 0. The smallest absolute Gasteiger partial charge is 0.0173 e. The minimum Gasteiger partial charge on any atom is -0.0802 e. The summed E-state index contributed by atoms with van der Waals surface area (Å²) in [4.78, 5) is 0. The molecule has 9 fully saturated rings. The van der Waals surface area contributed by atoms with Crippen molar-refractivity contribution in [1.29, 1.82) is 0 Å². The lowest BCUT2D eigenvalue weighted by atomic mass is 9.48. The highest BCUT2D eigenvalue weighted by Crippen LogP contribution is 2.66. The molecule has 8 bridgehead atoms. The molecule has 12 aliphatic rings. The molecule has 3 atom stereocenters. The third kappa shape index (κ3) is 3.18. The van der Waals surface area contributed by atoms with Gasteiger partial charge in [0.15, 0.2) is 0 Å². The van der Waals surface area contributed by atoms with Crippen LogP contribution in [0.5, 0.6) is 0 Å². The summed E-state index contributed by atoms with van der Waals surface area (Å²) in [6.07, 6.45) is 28.8. The second-order valence-corrected chi connectivity index (χ2v) is 18.8. The molecule has 3 unspecified atom stereocenters. The monoisotopic (exact) mass is 578 g/mol. The highest BCUT2D eigenvalue weighted by atomic mass is 14.6. The fourth-order valence-corrected chi connectivity index (χ4v) is 16.0. The van der Waals surface area contributed by atoms with Crippen molar-refractivity contribution in [1.82, 2.24) is 0 Å². The van der Waals surface area contributed by atoms with Gasteiger partial charge >= 0.3 is 0 Å². The molecule has 12 aliphatic carbocycles. The molecule has 14 rings (SSSR count). The van der Waals surface area contributed by atoms with Crippen LogP contribution in [0.15, 0.2) is 59.7 Å². The van der Waals surface area contributed by atoms with Gasteiger partial charge in [0.05, 0.1) is 0 Å². The van der Waals surface area contributed by atoms with Gasteiger partial charge in [-0.05, 0) is 199 Å². The Balaban J connectivity index is 1.03. The molecule has 44 heavy (non-hydrogen) atoms. The van der Waals surface area contributed by atoms with E-state index in [1.54, 1.807) is 39.0 Å². The Bertz CT molecular complexity index is 1500. The summed E-state index contributed by atoms with van der Waals surface area (Å²) in [5.41, 5.74) is 14.8. The summed E-state index contributed by atoms with van der Waals surface area (Å²) in [7, 11) is 0. The van der Waals surface area contributed by atoms with Gasteiger partial charge in [-0.3, -0.25) is 0 Å². The molecule has 0 spiro atoms.